The zero-order valence-electron chi connectivity index (χ0n) is 27.1. The number of aliphatic hydroxyl groups is 1. The van der Waals surface area contributed by atoms with Gasteiger partial charge in [-0.2, -0.15) is 26.3 Å². The van der Waals surface area contributed by atoms with Gasteiger partial charge < -0.3 is 24.6 Å². The van der Waals surface area contributed by atoms with Crippen molar-refractivity contribution in [3.63, 3.8) is 0 Å². The Morgan fingerprint density at radius 3 is 2.20 bits per heavy atom. The third-order valence-electron chi connectivity index (χ3n) is 8.88. The zero-order chi connectivity index (χ0) is 37.0. The molecule has 4 heterocycles. The lowest BCUT2D eigenvalue weighted by Crippen LogP contribution is -2.49. The maximum atomic E-state index is 13.8. The van der Waals surface area contributed by atoms with Crippen LogP contribution in [0.4, 0.5) is 36.7 Å². The van der Waals surface area contributed by atoms with E-state index in [0.29, 0.717) is 39.9 Å². The van der Waals surface area contributed by atoms with E-state index in [9.17, 15) is 45.7 Å². The van der Waals surface area contributed by atoms with Crippen molar-refractivity contribution in [2.24, 2.45) is 0 Å². The number of ether oxygens (including phenoxy) is 2. The van der Waals surface area contributed by atoms with Crippen molar-refractivity contribution in [3.05, 3.63) is 88.4 Å². The van der Waals surface area contributed by atoms with Gasteiger partial charge in [0.15, 0.2) is 0 Å². The summed E-state index contributed by atoms with van der Waals surface area (Å²) in [5, 5.41) is 20.4. The average Bonchev–Trinajstić information content (AvgIpc) is 3.34. The molecule has 0 bridgehead atoms. The number of aliphatic hydroxyl groups excluding tert-OH is 1. The van der Waals surface area contributed by atoms with E-state index in [1.54, 1.807) is 24.0 Å². The molecule has 2 saturated heterocycles. The van der Waals surface area contributed by atoms with Gasteiger partial charge in [-0.25, -0.2) is 29.0 Å². The molecular weight excluding hydrogens is 691 g/mol. The van der Waals surface area contributed by atoms with Crippen LogP contribution < -0.4 is 9.64 Å². The van der Waals surface area contributed by atoms with Gasteiger partial charge in [-0.1, -0.05) is 6.07 Å². The molecule has 0 aliphatic carbocycles. The Bertz CT molecular complexity index is 1940. The highest BCUT2D eigenvalue weighted by atomic mass is 19.4. The molecule has 2 aliphatic heterocycles. The summed E-state index contributed by atoms with van der Waals surface area (Å²) < 4.78 is 107. The molecule has 51 heavy (non-hydrogen) atoms. The normalized spacial score (nSPS) is 20.1. The van der Waals surface area contributed by atoms with Crippen LogP contribution in [0.5, 0.6) is 5.88 Å². The van der Waals surface area contributed by atoms with Gasteiger partial charge >= 0.3 is 18.3 Å². The van der Waals surface area contributed by atoms with Gasteiger partial charge in [-0.05, 0) is 66.9 Å². The van der Waals surface area contributed by atoms with Gasteiger partial charge in [0.25, 0.3) is 0 Å². The summed E-state index contributed by atoms with van der Waals surface area (Å²) in [4.78, 5) is 27.9. The first-order valence-corrected chi connectivity index (χ1v) is 15.5. The summed E-state index contributed by atoms with van der Waals surface area (Å²) in [6, 6.07) is 6.45. The minimum atomic E-state index is -5.09. The van der Waals surface area contributed by atoms with Crippen LogP contribution in [0.2, 0.25) is 0 Å². The number of benzene rings is 2. The predicted molar refractivity (Wildman–Crippen MR) is 167 cm³/mol. The van der Waals surface area contributed by atoms with Gasteiger partial charge in [-0.3, -0.25) is 0 Å². The lowest BCUT2D eigenvalue weighted by molar-refractivity contribution is -0.154. The van der Waals surface area contributed by atoms with Crippen molar-refractivity contribution in [2.45, 2.75) is 57.5 Å². The number of halogens is 7. The third kappa shape index (κ3) is 7.18. The minimum Gasteiger partial charge on any atom is -0.481 e. The van der Waals surface area contributed by atoms with Gasteiger partial charge in [0.2, 0.25) is 18.2 Å². The Kier molecular flexibility index (Phi) is 9.41. The topological polar surface area (TPSA) is 121 Å². The summed E-state index contributed by atoms with van der Waals surface area (Å²) in [5.41, 5.74) is -0.591. The first-order chi connectivity index (χ1) is 23.9. The van der Waals surface area contributed by atoms with Crippen LogP contribution >= 0.6 is 0 Å². The fourth-order valence-corrected chi connectivity index (χ4v) is 6.16. The van der Waals surface area contributed by atoms with Crippen molar-refractivity contribution >= 4 is 11.9 Å². The molecule has 3 atom stereocenters. The maximum Gasteiger partial charge on any atom is 0.416 e. The van der Waals surface area contributed by atoms with Crippen LogP contribution in [-0.4, -0.2) is 74.9 Å². The standard InChI is InChI=1S/C34H30F7N5O5/c1-16-6-18(30(47)48)4-5-24(16)20-9-25(29(50-3)42-11-20)26-12-43-31(45-13-23(35)14-45)44-27(26)15-46-17(2)28(51-32(46)49)19-7-21(33(36,37)38)10-22(8-19)34(39,40)41/h4-12,17,23,28,32,49H,13-15H2,1-3H3,(H,47,48). The highest BCUT2D eigenvalue weighted by molar-refractivity contribution is 5.89. The van der Waals surface area contributed by atoms with E-state index in [0.717, 1.165) is 0 Å². The molecule has 17 heteroatoms. The SMILES string of the molecule is COc1ncc(-c2ccc(C(=O)O)cc2C)cc1-c1cnc(N2CC(F)C2)nc1CN1C(O)OC(c2cc(C(F)(F)F)cc(C(F)(F)F)c2)C1C. The molecule has 10 nitrogen and oxygen atoms in total. The van der Waals surface area contributed by atoms with Crippen molar-refractivity contribution in [3.8, 4) is 28.1 Å². The highest BCUT2D eigenvalue weighted by Crippen LogP contribution is 2.43. The Labute approximate surface area is 286 Å². The Morgan fingerprint density at radius 1 is 0.961 bits per heavy atom. The van der Waals surface area contributed by atoms with E-state index in [2.05, 4.69) is 15.0 Å². The lowest BCUT2D eigenvalue weighted by Gasteiger charge is -2.34. The molecule has 2 aromatic heterocycles. The zero-order valence-corrected chi connectivity index (χ0v) is 27.1. The fraction of sp³-hybridized carbons (Fsp3) is 0.353. The van der Waals surface area contributed by atoms with Crippen molar-refractivity contribution in [2.75, 3.05) is 25.1 Å². The summed E-state index contributed by atoms with van der Waals surface area (Å²) >= 11 is 0. The van der Waals surface area contributed by atoms with Gasteiger partial charge in [-0.15, -0.1) is 0 Å². The Hall–Kier alpha value is -4.87. The predicted octanol–water partition coefficient (Wildman–Crippen LogP) is 6.65. The molecule has 0 radical (unpaired) electrons. The number of hydrogen-bond acceptors (Lipinski definition) is 9. The second kappa shape index (κ2) is 13.4. The van der Waals surface area contributed by atoms with Crippen LogP contribution in [0.15, 0.2) is 54.9 Å². The van der Waals surface area contributed by atoms with Crippen LogP contribution in [0.25, 0.3) is 22.3 Å². The van der Waals surface area contributed by atoms with Crippen molar-refractivity contribution < 1.29 is 55.2 Å². The third-order valence-corrected chi connectivity index (χ3v) is 8.88. The van der Waals surface area contributed by atoms with Gasteiger partial charge in [0.05, 0.1) is 42.6 Å². The fourth-order valence-electron chi connectivity index (χ4n) is 6.16. The largest absolute Gasteiger partial charge is 0.481 e. The molecular formula is C34H30F7N5O5. The molecule has 0 saturated carbocycles. The molecule has 4 aromatic rings. The van der Waals surface area contributed by atoms with E-state index >= 15 is 0 Å². The highest BCUT2D eigenvalue weighted by Gasteiger charge is 2.43. The van der Waals surface area contributed by atoms with Crippen LogP contribution in [-0.2, 0) is 23.6 Å². The van der Waals surface area contributed by atoms with E-state index < -0.39 is 59.7 Å². The van der Waals surface area contributed by atoms with Crippen molar-refractivity contribution in [1.82, 2.24) is 19.9 Å². The van der Waals surface area contributed by atoms with E-state index in [-0.39, 0.29) is 48.8 Å². The second-order valence-electron chi connectivity index (χ2n) is 12.3. The number of hydrogen-bond donors (Lipinski definition) is 2. The number of aromatic carboxylic acids is 1. The first-order valence-electron chi connectivity index (χ1n) is 15.5. The number of carbonyl (C=O) groups is 1. The quantitative estimate of drug-likeness (QED) is 0.191. The van der Waals surface area contributed by atoms with Gasteiger partial charge in [0.1, 0.15) is 12.3 Å². The molecule has 6 rings (SSSR count). The van der Waals surface area contributed by atoms with Crippen LogP contribution in [0.1, 0.15) is 51.3 Å². The average molecular weight is 722 g/mol. The number of anilines is 1. The molecule has 2 N–H and O–H groups in total. The summed E-state index contributed by atoms with van der Waals surface area (Å²) in [5.74, 6) is -0.811. The molecule has 2 aromatic carbocycles. The van der Waals surface area contributed by atoms with E-state index in [1.165, 1.54) is 43.5 Å². The van der Waals surface area contributed by atoms with E-state index in [1.807, 2.05) is 0 Å². The monoisotopic (exact) mass is 721 g/mol. The van der Waals surface area contributed by atoms with Crippen LogP contribution in [0, 0.1) is 6.92 Å². The molecule has 0 spiro atoms. The Balaban J connectivity index is 1.41. The number of aryl methyl sites for hydroxylation is 1. The number of pyridine rings is 1. The summed E-state index contributed by atoms with van der Waals surface area (Å²) in [6.45, 7) is 3.01. The molecule has 0 amide bonds. The number of nitrogens with zero attached hydrogens (tertiary/aromatic N) is 5. The summed E-state index contributed by atoms with van der Waals surface area (Å²) in [6.07, 6.45) is -11.5. The molecule has 2 aliphatic rings. The minimum absolute atomic E-state index is 0.0152. The number of carboxylic acids is 1. The summed E-state index contributed by atoms with van der Waals surface area (Å²) in [7, 11) is 1.38. The maximum absolute atomic E-state index is 13.8. The van der Waals surface area contributed by atoms with Gasteiger partial charge in [0, 0.05) is 41.7 Å². The number of carboxylic acid groups (broad SMARTS) is 1. The smallest absolute Gasteiger partial charge is 0.416 e. The number of methoxy groups -OCH3 is 1. The van der Waals surface area contributed by atoms with Crippen LogP contribution in [0.3, 0.4) is 0 Å². The molecule has 270 valence electrons. The second-order valence-corrected chi connectivity index (χ2v) is 12.3. The number of aromatic nitrogens is 3. The lowest BCUT2D eigenvalue weighted by atomic mass is 9.96. The molecule has 2 fully saturated rings. The number of alkyl halides is 7. The van der Waals surface area contributed by atoms with Crippen molar-refractivity contribution in [1.29, 1.82) is 0 Å². The Morgan fingerprint density at radius 2 is 1.63 bits per heavy atom. The van der Waals surface area contributed by atoms with E-state index in [4.69, 9.17) is 9.47 Å². The first kappa shape index (κ1) is 35.9. The molecule has 3 unspecified atom stereocenters. The number of rotatable bonds is 8.